The highest BCUT2D eigenvalue weighted by molar-refractivity contribution is 5.94. The van der Waals surface area contributed by atoms with E-state index in [9.17, 15) is 9.18 Å². The monoisotopic (exact) mass is 510 g/mol. The average Bonchev–Trinajstić information content (AvgIpc) is 2.96. The molecule has 4 aromatic rings. The van der Waals surface area contributed by atoms with Gasteiger partial charge in [0.25, 0.3) is 5.91 Å². The van der Waals surface area contributed by atoms with Gasteiger partial charge in [0.1, 0.15) is 11.6 Å². The first-order valence-corrected chi connectivity index (χ1v) is 12.8. The van der Waals surface area contributed by atoms with Crippen molar-refractivity contribution in [3.63, 3.8) is 0 Å². The second-order valence-electron chi connectivity index (χ2n) is 9.54. The van der Waals surface area contributed by atoms with Crippen molar-refractivity contribution in [3.8, 4) is 11.4 Å². The number of hydrogen-bond donors (Lipinski definition) is 0. The molecule has 1 aliphatic heterocycles. The Kier molecular flexibility index (Phi) is 7.75. The van der Waals surface area contributed by atoms with E-state index in [0.717, 1.165) is 22.6 Å². The molecule has 2 heterocycles. The molecular weight excluding hydrogens is 479 g/mol. The van der Waals surface area contributed by atoms with Crippen molar-refractivity contribution in [2.45, 2.75) is 20.0 Å². The van der Waals surface area contributed by atoms with E-state index in [4.69, 9.17) is 14.7 Å². The number of hydrogen-bond acceptors (Lipinski definition) is 5. The standard InChI is InChI=1S/C31H31FN4O2/c1-22-8-10-23(11-9-22)20-27-28(21-38-2)33-29(24-6-4-3-5-7-24)34-30(27)35-16-18-36(19-17-35)31(37)25-12-14-26(32)15-13-25/h3-15H,16-21H2,1-2H3. The van der Waals surface area contributed by atoms with Crippen molar-refractivity contribution in [2.24, 2.45) is 0 Å². The SMILES string of the molecule is COCc1nc(-c2ccccc2)nc(N2CCN(C(=O)c3ccc(F)cc3)CC2)c1Cc1ccc(C)cc1. The van der Waals surface area contributed by atoms with E-state index in [0.29, 0.717) is 50.6 Å². The van der Waals surface area contributed by atoms with E-state index in [2.05, 4.69) is 36.1 Å². The first-order valence-electron chi connectivity index (χ1n) is 12.8. The number of carbonyl (C=O) groups excluding carboxylic acids is 1. The van der Waals surface area contributed by atoms with Gasteiger partial charge in [0, 0.05) is 56.4 Å². The number of benzene rings is 3. The molecule has 0 radical (unpaired) electrons. The van der Waals surface area contributed by atoms with Crippen molar-refractivity contribution in [3.05, 3.63) is 113 Å². The third-order valence-electron chi connectivity index (χ3n) is 6.84. The van der Waals surface area contributed by atoms with Gasteiger partial charge < -0.3 is 14.5 Å². The summed E-state index contributed by atoms with van der Waals surface area (Å²) in [4.78, 5) is 27.1. The number of aromatic nitrogens is 2. The number of anilines is 1. The largest absolute Gasteiger partial charge is 0.378 e. The van der Waals surface area contributed by atoms with Gasteiger partial charge in [-0.1, -0.05) is 60.2 Å². The van der Waals surface area contributed by atoms with Gasteiger partial charge >= 0.3 is 0 Å². The Morgan fingerprint density at radius 1 is 0.895 bits per heavy atom. The van der Waals surface area contributed by atoms with Gasteiger partial charge in [-0.25, -0.2) is 14.4 Å². The number of aryl methyl sites for hydroxylation is 1. The van der Waals surface area contributed by atoms with E-state index in [1.165, 1.54) is 35.4 Å². The molecule has 0 saturated carbocycles. The highest BCUT2D eigenvalue weighted by Gasteiger charge is 2.26. The first-order chi connectivity index (χ1) is 18.5. The quantitative estimate of drug-likeness (QED) is 0.338. The van der Waals surface area contributed by atoms with Crippen LogP contribution < -0.4 is 4.90 Å². The van der Waals surface area contributed by atoms with Crippen LogP contribution in [0.3, 0.4) is 0 Å². The molecule has 1 amide bonds. The summed E-state index contributed by atoms with van der Waals surface area (Å²) in [6, 6.07) is 24.2. The molecule has 1 saturated heterocycles. The molecule has 0 aliphatic carbocycles. The smallest absolute Gasteiger partial charge is 0.253 e. The molecule has 0 N–H and O–H groups in total. The van der Waals surface area contributed by atoms with Gasteiger partial charge in [0.05, 0.1) is 12.3 Å². The molecular formula is C31H31FN4O2. The Morgan fingerprint density at radius 3 is 2.24 bits per heavy atom. The molecule has 1 fully saturated rings. The van der Waals surface area contributed by atoms with Gasteiger partial charge in [-0.05, 0) is 36.8 Å². The summed E-state index contributed by atoms with van der Waals surface area (Å²) in [5.74, 6) is 1.10. The minimum absolute atomic E-state index is 0.0859. The molecule has 7 heteroatoms. The van der Waals surface area contributed by atoms with Crippen molar-refractivity contribution < 1.29 is 13.9 Å². The molecule has 0 unspecified atom stereocenters. The van der Waals surface area contributed by atoms with Gasteiger partial charge in [-0.15, -0.1) is 0 Å². The maximum Gasteiger partial charge on any atom is 0.253 e. The summed E-state index contributed by atoms with van der Waals surface area (Å²) in [5.41, 5.74) is 5.73. The second-order valence-corrected chi connectivity index (χ2v) is 9.54. The summed E-state index contributed by atoms with van der Waals surface area (Å²) in [5, 5.41) is 0. The van der Waals surface area contributed by atoms with Crippen LogP contribution in [-0.4, -0.2) is 54.1 Å². The Balaban J connectivity index is 1.47. The molecule has 0 bridgehead atoms. The van der Waals surface area contributed by atoms with Crippen LogP contribution in [0.1, 0.15) is 32.7 Å². The number of nitrogens with zero attached hydrogens (tertiary/aromatic N) is 4. The number of methoxy groups -OCH3 is 1. The topological polar surface area (TPSA) is 58.6 Å². The lowest BCUT2D eigenvalue weighted by molar-refractivity contribution is 0.0746. The lowest BCUT2D eigenvalue weighted by Gasteiger charge is -2.36. The zero-order valence-electron chi connectivity index (χ0n) is 21.7. The fraction of sp³-hybridized carbons (Fsp3) is 0.258. The normalized spacial score (nSPS) is 13.6. The Labute approximate surface area is 222 Å². The highest BCUT2D eigenvalue weighted by atomic mass is 19.1. The van der Waals surface area contributed by atoms with Crippen molar-refractivity contribution in [2.75, 3.05) is 38.2 Å². The van der Waals surface area contributed by atoms with E-state index in [-0.39, 0.29) is 11.7 Å². The number of rotatable bonds is 7. The number of carbonyl (C=O) groups is 1. The molecule has 3 aromatic carbocycles. The first kappa shape index (κ1) is 25.5. The van der Waals surface area contributed by atoms with Gasteiger partial charge in [-0.3, -0.25) is 4.79 Å². The third-order valence-corrected chi connectivity index (χ3v) is 6.84. The van der Waals surface area contributed by atoms with Crippen LogP contribution in [0.4, 0.5) is 10.2 Å². The Bertz CT molecular complexity index is 1380. The van der Waals surface area contributed by atoms with Gasteiger partial charge in [0.15, 0.2) is 5.82 Å². The van der Waals surface area contributed by atoms with Crippen LogP contribution >= 0.6 is 0 Å². The van der Waals surface area contributed by atoms with E-state index in [1.54, 1.807) is 7.11 Å². The van der Waals surface area contributed by atoms with Crippen LogP contribution in [-0.2, 0) is 17.8 Å². The van der Waals surface area contributed by atoms with Crippen molar-refractivity contribution in [1.82, 2.24) is 14.9 Å². The summed E-state index contributed by atoms with van der Waals surface area (Å²) in [7, 11) is 1.68. The fourth-order valence-electron chi connectivity index (χ4n) is 4.74. The number of piperazine rings is 1. The minimum Gasteiger partial charge on any atom is -0.378 e. The minimum atomic E-state index is -0.350. The van der Waals surface area contributed by atoms with Crippen LogP contribution in [0.25, 0.3) is 11.4 Å². The lowest BCUT2D eigenvalue weighted by atomic mass is 10.0. The van der Waals surface area contributed by atoms with Gasteiger partial charge in [0.2, 0.25) is 0 Å². The molecule has 0 spiro atoms. The molecule has 38 heavy (non-hydrogen) atoms. The zero-order valence-corrected chi connectivity index (χ0v) is 21.7. The van der Waals surface area contributed by atoms with Crippen LogP contribution in [0.2, 0.25) is 0 Å². The summed E-state index contributed by atoms with van der Waals surface area (Å²) >= 11 is 0. The van der Waals surface area contributed by atoms with Crippen molar-refractivity contribution in [1.29, 1.82) is 0 Å². The number of halogens is 1. The predicted molar refractivity (Wildman–Crippen MR) is 147 cm³/mol. The van der Waals surface area contributed by atoms with E-state index >= 15 is 0 Å². The van der Waals surface area contributed by atoms with Crippen LogP contribution in [0.15, 0.2) is 78.9 Å². The molecule has 1 aromatic heterocycles. The third kappa shape index (κ3) is 5.73. The molecule has 5 rings (SSSR count). The molecule has 194 valence electrons. The lowest BCUT2D eigenvalue weighted by Crippen LogP contribution is -2.49. The van der Waals surface area contributed by atoms with E-state index in [1.807, 2.05) is 35.2 Å². The summed E-state index contributed by atoms with van der Waals surface area (Å²) in [6.45, 7) is 4.81. The maximum absolute atomic E-state index is 13.3. The molecule has 1 aliphatic rings. The van der Waals surface area contributed by atoms with Gasteiger partial charge in [-0.2, -0.15) is 0 Å². The zero-order chi connectivity index (χ0) is 26.5. The Hall–Kier alpha value is -4.10. The second kappa shape index (κ2) is 11.5. The predicted octanol–water partition coefficient (Wildman–Crippen LogP) is 5.29. The summed E-state index contributed by atoms with van der Waals surface area (Å²) in [6.07, 6.45) is 0.679. The average molecular weight is 511 g/mol. The number of amides is 1. The fourth-order valence-corrected chi connectivity index (χ4v) is 4.74. The maximum atomic E-state index is 13.3. The molecule has 0 atom stereocenters. The summed E-state index contributed by atoms with van der Waals surface area (Å²) < 4.78 is 18.9. The van der Waals surface area contributed by atoms with Crippen molar-refractivity contribution >= 4 is 11.7 Å². The number of ether oxygens (including phenoxy) is 1. The van der Waals surface area contributed by atoms with Crippen LogP contribution in [0, 0.1) is 12.7 Å². The highest BCUT2D eigenvalue weighted by Crippen LogP contribution is 2.29. The Morgan fingerprint density at radius 2 is 1.58 bits per heavy atom. The van der Waals surface area contributed by atoms with Crippen LogP contribution in [0.5, 0.6) is 0 Å². The molecule has 6 nitrogen and oxygen atoms in total. The van der Waals surface area contributed by atoms with E-state index < -0.39 is 0 Å².